The van der Waals surface area contributed by atoms with Crippen LogP contribution in [-0.2, 0) is 13.1 Å². The highest BCUT2D eigenvalue weighted by molar-refractivity contribution is 5.74. The number of rotatable bonds is 4. The molecule has 1 N–H and O–H groups in total. The molecule has 3 aliphatic rings. The number of carbonyl (C=O) groups is 1. The van der Waals surface area contributed by atoms with Crippen molar-refractivity contribution in [2.24, 2.45) is 0 Å². The molecule has 0 unspecified atom stereocenters. The molecule has 0 saturated carbocycles. The van der Waals surface area contributed by atoms with Crippen molar-refractivity contribution in [3.63, 3.8) is 0 Å². The summed E-state index contributed by atoms with van der Waals surface area (Å²) < 4.78 is 21.5. The smallest absolute Gasteiger partial charge is 0.317 e. The summed E-state index contributed by atoms with van der Waals surface area (Å²) in [5, 5.41) is 2.99. The van der Waals surface area contributed by atoms with Gasteiger partial charge in [0.2, 0.25) is 13.6 Å². The van der Waals surface area contributed by atoms with Gasteiger partial charge in [-0.3, -0.25) is 4.90 Å². The topological polar surface area (TPSA) is 72.5 Å². The fraction of sp³-hybridized carbons (Fsp3) is 0.381. The van der Waals surface area contributed by atoms with Crippen LogP contribution in [0.5, 0.6) is 23.0 Å². The van der Waals surface area contributed by atoms with Crippen molar-refractivity contribution < 1.29 is 23.7 Å². The van der Waals surface area contributed by atoms with Crippen molar-refractivity contribution in [2.45, 2.75) is 13.1 Å². The minimum absolute atomic E-state index is 0.0367. The minimum Gasteiger partial charge on any atom is -0.454 e. The Bertz CT molecular complexity index is 911. The quantitative estimate of drug-likeness (QED) is 0.853. The highest BCUT2D eigenvalue weighted by Gasteiger charge is 2.22. The number of hydrogen-bond donors (Lipinski definition) is 1. The van der Waals surface area contributed by atoms with Gasteiger partial charge in [-0.25, -0.2) is 4.79 Å². The Morgan fingerprint density at radius 1 is 0.793 bits per heavy atom. The summed E-state index contributed by atoms with van der Waals surface area (Å²) in [4.78, 5) is 16.7. The summed E-state index contributed by atoms with van der Waals surface area (Å²) in [6.07, 6.45) is 0. The van der Waals surface area contributed by atoms with E-state index in [1.54, 1.807) is 0 Å². The first-order valence-corrected chi connectivity index (χ1v) is 9.77. The fourth-order valence-electron chi connectivity index (χ4n) is 3.75. The van der Waals surface area contributed by atoms with Crippen molar-refractivity contribution in [2.75, 3.05) is 39.8 Å². The van der Waals surface area contributed by atoms with Gasteiger partial charge in [0.05, 0.1) is 0 Å². The van der Waals surface area contributed by atoms with Gasteiger partial charge in [-0.2, -0.15) is 0 Å². The van der Waals surface area contributed by atoms with Crippen molar-refractivity contribution in [3.05, 3.63) is 47.5 Å². The summed E-state index contributed by atoms with van der Waals surface area (Å²) in [6.45, 7) is 4.93. The molecule has 3 heterocycles. The predicted octanol–water partition coefficient (Wildman–Crippen LogP) is 2.17. The Kier molecular flexibility index (Phi) is 4.77. The van der Waals surface area contributed by atoms with Gasteiger partial charge in [-0.05, 0) is 35.4 Å². The third-order valence-corrected chi connectivity index (χ3v) is 5.38. The molecule has 0 aliphatic carbocycles. The number of urea groups is 1. The Labute approximate surface area is 168 Å². The van der Waals surface area contributed by atoms with E-state index in [0.29, 0.717) is 26.4 Å². The Hall–Kier alpha value is -3.13. The van der Waals surface area contributed by atoms with Crippen LogP contribution in [0.15, 0.2) is 36.4 Å². The number of nitrogens with zero attached hydrogens (tertiary/aromatic N) is 2. The summed E-state index contributed by atoms with van der Waals surface area (Å²) in [5.74, 6) is 3.09. The highest BCUT2D eigenvalue weighted by Crippen LogP contribution is 2.33. The Balaban J connectivity index is 1.09. The third-order valence-electron chi connectivity index (χ3n) is 5.38. The van der Waals surface area contributed by atoms with E-state index in [2.05, 4.69) is 16.3 Å². The average Bonchev–Trinajstić information content (AvgIpc) is 3.41. The second-order valence-corrected chi connectivity index (χ2v) is 7.30. The van der Waals surface area contributed by atoms with E-state index in [4.69, 9.17) is 18.9 Å². The SMILES string of the molecule is O=C(NCc1ccc2c(c1)OCO2)N1CCN(Cc2ccc3c(c2)OCO3)CC1. The monoisotopic (exact) mass is 397 g/mol. The molecule has 0 bridgehead atoms. The number of benzene rings is 2. The van der Waals surface area contributed by atoms with Crippen LogP contribution in [0.1, 0.15) is 11.1 Å². The molecule has 1 fully saturated rings. The molecule has 152 valence electrons. The summed E-state index contributed by atoms with van der Waals surface area (Å²) in [7, 11) is 0. The van der Waals surface area contributed by atoms with E-state index in [-0.39, 0.29) is 12.8 Å². The molecule has 8 nitrogen and oxygen atoms in total. The minimum atomic E-state index is -0.0367. The van der Waals surface area contributed by atoms with E-state index in [1.165, 1.54) is 5.56 Å². The Morgan fingerprint density at radius 3 is 2.07 bits per heavy atom. The second-order valence-electron chi connectivity index (χ2n) is 7.30. The van der Waals surface area contributed by atoms with Gasteiger partial charge in [-0.1, -0.05) is 12.1 Å². The van der Waals surface area contributed by atoms with Crippen LogP contribution in [0.25, 0.3) is 0 Å². The van der Waals surface area contributed by atoms with Crippen LogP contribution in [0.2, 0.25) is 0 Å². The molecule has 8 heteroatoms. The van der Waals surface area contributed by atoms with E-state index in [9.17, 15) is 4.79 Å². The zero-order valence-electron chi connectivity index (χ0n) is 16.1. The van der Waals surface area contributed by atoms with Crippen LogP contribution < -0.4 is 24.3 Å². The fourth-order valence-corrected chi connectivity index (χ4v) is 3.75. The second kappa shape index (κ2) is 7.71. The zero-order valence-corrected chi connectivity index (χ0v) is 16.1. The predicted molar refractivity (Wildman–Crippen MR) is 104 cm³/mol. The molecule has 29 heavy (non-hydrogen) atoms. The molecule has 2 aromatic carbocycles. The number of fused-ring (bicyclic) bond motifs is 2. The molecule has 5 rings (SSSR count). The van der Waals surface area contributed by atoms with E-state index in [1.807, 2.05) is 35.2 Å². The molecule has 0 aromatic heterocycles. The van der Waals surface area contributed by atoms with Gasteiger partial charge in [0, 0.05) is 39.3 Å². The summed E-state index contributed by atoms with van der Waals surface area (Å²) >= 11 is 0. The molecular weight excluding hydrogens is 374 g/mol. The van der Waals surface area contributed by atoms with Gasteiger partial charge in [0.1, 0.15) is 0 Å². The van der Waals surface area contributed by atoms with Gasteiger partial charge >= 0.3 is 6.03 Å². The lowest BCUT2D eigenvalue weighted by molar-refractivity contribution is 0.135. The zero-order chi connectivity index (χ0) is 19.6. The Morgan fingerprint density at radius 2 is 1.38 bits per heavy atom. The summed E-state index contributed by atoms with van der Waals surface area (Å²) in [5.41, 5.74) is 2.18. The van der Waals surface area contributed by atoms with Gasteiger partial charge < -0.3 is 29.2 Å². The molecule has 3 aliphatic heterocycles. The van der Waals surface area contributed by atoms with Gasteiger partial charge in [-0.15, -0.1) is 0 Å². The first-order valence-electron chi connectivity index (χ1n) is 9.77. The van der Waals surface area contributed by atoms with Crippen molar-refractivity contribution in [1.82, 2.24) is 15.1 Å². The lowest BCUT2D eigenvalue weighted by Crippen LogP contribution is -2.51. The standard InChI is InChI=1S/C21H23N3O5/c25-21(22-11-15-1-3-17-19(9-15)28-13-26-17)24-7-5-23(6-8-24)12-16-2-4-18-20(10-16)29-14-27-18/h1-4,9-10H,5-8,11-14H2,(H,22,25). The van der Waals surface area contributed by atoms with E-state index < -0.39 is 0 Å². The molecule has 1 saturated heterocycles. The number of carbonyl (C=O) groups excluding carboxylic acids is 1. The maximum atomic E-state index is 12.5. The number of nitrogens with one attached hydrogen (secondary N) is 1. The highest BCUT2D eigenvalue weighted by atomic mass is 16.7. The van der Waals surface area contributed by atoms with Crippen molar-refractivity contribution >= 4 is 6.03 Å². The maximum absolute atomic E-state index is 12.5. The van der Waals surface area contributed by atoms with Crippen LogP contribution in [-0.4, -0.2) is 55.6 Å². The van der Waals surface area contributed by atoms with Crippen LogP contribution in [0.3, 0.4) is 0 Å². The molecule has 2 aromatic rings. The largest absolute Gasteiger partial charge is 0.454 e. The number of ether oxygens (including phenoxy) is 4. The average molecular weight is 397 g/mol. The van der Waals surface area contributed by atoms with E-state index in [0.717, 1.165) is 48.2 Å². The molecule has 0 spiro atoms. The first kappa shape index (κ1) is 17.9. The molecular formula is C21H23N3O5. The normalized spacial score (nSPS) is 17.4. The first-order chi connectivity index (χ1) is 14.2. The van der Waals surface area contributed by atoms with Crippen molar-refractivity contribution in [3.8, 4) is 23.0 Å². The molecule has 0 radical (unpaired) electrons. The third kappa shape index (κ3) is 3.88. The molecule has 2 amide bonds. The van der Waals surface area contributed by atoms with Gasteiger partial charge in [0.15, 0.2) is 23.0 Å². The van der Waals surface area contributed by atoms with Crippen LogP contribution in [0, 0.1) is 0 Å². The van der Waals surface area contributed by atoms with Crippen LogP contribution >= 0.6 is 0 Å². The number of piperazine rings is 1. The van der Waals surface area contributed by atoms with Crippen molar-refractivity contribution in [1.29, 1.82) is 0 Å². The lowest BCUT2D eigenvalue weighted by atomic mass is 10.1. The maximum Gasteiger partial charge on any atom is 0.317 e. The molecule has 0 atom stereocenters. The number of amides is 2. The van der Waals surface area contributed by atoms with Gasteiger partial charge in [0.25, 0.3) is 0 Å². The number of hydrogen-bond acceptors (Lipinski definition) is 6. The lowest BCUT2D eigenvalue weighted by Gasteiger charge is -2.34. The van der Waals surface area contributed by atoms with E-state index >= 15 is 0 Å². The summed E-state index contributed by atoms with van der Waals surface area (Å²) in [6, 6.07) is 11.7. The van der Waals surface area contributed by atoms with Crippen LogP contribution in [0.4, 0.5) is 4.79 Å².